The zero-order valence-electron chi connectivity index (χ0n) is 17.5. The fourth-order valence-electron chi connectivity index (χ4n) is 4.21. The Morgan fingerprint density at radius 3 is 2.52 bits per heavy atom. The van der Waals surface area contributed by atoms with Gasteiger partial charge in [0.1, 0.15) is 11.6 Å². The Balaban J connectivity index is 1.57. The number of aryl methyl sites for hydroxylation is 4. The van der Waals surface area contributed by atoms with E-state index in [9.17, 15) is 4.39 Å². The third-order valence-electron chi connectivity index (χ3n) is 5.60. The first-order valence-corrected chi connectivity index (χ1v) is 10.1. The van der Waals surface area contributed by atoms with Crippen molar-refractivity contribution in [3.05, 3.63) is 75.7 Å². The Morgan fingerprint density at radius 1 is 1.03 bits per heavy atom. The number of benzene rings is 2. The predicted molar refractivity (Wildman–Crippen MR) is 117 cm³/mol. The summed E-state index contributed by atoms with van der Waals surface area (Å²) in [5, 5.41) is 3.44. The molecule has 0 bridgehead atoms. The van der Waals surface area contributed by atoms with Crippen LogP contribution in [0.15, 0.2) is 36.4 Å². The summed E-state index contributed by atoms with van der Waals surface area (Å²) in [6, 6.07) is 11.2. The minimum absolute atomic E-state index is 0.183. The maximum atomic E-state index is 13.5. The van der Waals surface area contributed by atoms with E-state index in [1.165, 1.54) is 28.3 Å². The van der Waals surface area contributed by atoms with E-state index in [0.717, 1.165) is 48.7 Å². The molecule has 1 aliphatic heterocycles. The van der Waals surface area contributed by atoms with Crippen LogP contribution in [0.1, 0.15) is 33.5 Å². The molecule has 0 amide bonds. The zero-order valence-corrected chi connectivity index (χ0v) is 17.5. The number of rotatable bonds is 5. The molecular weight excluding hydrogens is 363 g/mol. The van der Waals surface area contributed by atoms with Crippen LogP contribution >= 0.6 is 0 Å². The summed E-state index contributed by atoms with van der Waals surface area (Å²) in [7, 11) is 0. The van der Waals surface area contributed by atoms with Crippen LogP contribution < -0.4 is 10.2 Å². The predicted octanol–water partition coefficient (Wildman–Crippen LogP) is 5.20. The SMILES string of the molecule is Cc1cc(C)c(Nc2nc(C)c3c(n2)N(CCc2cccc(F)c2)CC3)c(C)c1. The normalized spacial score (nSPS) is 12.9. The summed E-state index contributed by atoms with van der Waals surface area (Å²) >= 11 is 0. The van der Waals surface area contributed by atoms with Gasteiger partial charge in [0.15, 0.2) is 0 Å². The summed E-state index contributed by atoms with van der Waals surface area (Å²) in [5.41, 5.74) is 7.94. The Hall–Kier alpha value is -2.95. The van der Waals surface area contributed by atoms with Crippen molar-refractivity contribution in [3.8, 4) is 0 Å². The Morgan fingerprint density at radius 2 is 1.79 bits per heavy atom. The average molecular weight is 391 g/mol. The molecule has 0 atom stereocenters. The van der Waals surface area contributed by atoms with Gasteiger partial charge in [-0.3, -0.25) is 0 Å². The first-order chi connectivity index (χ1) is 13.9. The van der Waals surface area contributed by atoms with E-state index in [4.69, 9.17) is 9.97 Å². The molecular formula is C24H27FN4. The van der Waals surface area contributed by atoms with Crippen molar-refractivity contribution in [1.82, 2.24) is 9.97 Å². The number of hydrogen-bond acceptors (Lipinski definition) is 4. The van der Waals surface area contributed by atoms with Gasteiger partial charge in [0.05, 0.1) is 0 Å². The number of fused-ring (bicyclic) bond motifs is 1. The molecule has 2 heterocycles. The van der Waals surface area contributed by atoms with Crippen molar-refractivity contribution in [2.75, 3.05) is 23.3 Å². The van der Waals surface area contributed by atoms with Gasteiger partial charge in [-0.25, -0.2) is 9.37 Å². The number of nitrogens with one attached hydrogen (secondary N) is 1. The van der Waals surface area contributed by atoms with Crippen LogP contribution in [0.3, 0.4) is 0 Å². The van der Waals surface area contributed by atoms with Gasteiger partial charge in [-0.1, -0.05) is 29.8 Å². The molecule has 2 aromatic carbocycles. The maximum absolute atomic E-state index is 13.5. The molecule has 5 heteroatoms. The lowest BCUT2D eigenvalue weighted by Crippen LogP contribution is -2.24. The van der Waals surface area contributed by atoms with Gasteiger partial charge < -0.3 is 10.2 Å². The minimum Gasteiger partial charge on any atom is -0.356 e. The highest BCUT2D eigenvalue weighted by atomic mass is 19.1. The number of nitrogens with zero attached hydrogens (tertiary/aromatic N) is 3. The molecule has 1 N–H and O–H groups in total. The lowest BCUT2D eigenvalue weighted by atomic mass is 10.1. The highest BCUT2D eigenvalue weighted by molar-refractivity contribution is 5.66. The summed E-state index contributed by atoms with van der Waals surface area (Å²) in [6.07, 6.45) is 1.74. The fourth-order valence-corrected chi connectivity index (χ4v) is 4.21. The first-order valence-electron chi connectivity index (χ1n) is 10.1. The molecule has 29 heavy (non-hydrogen) atoms. The van der Waals surface area contributed by atoms with Crippen LogP contribution in [-0.2, 0) is 12.8 Å². The van der Waals surface area contributed by atoms with Crippen LogP contribution in [0, 0.1) is 33.5 Å². The minimum atomic E-state index is -0.183. The summed E-state index contributed by atoms with van der Waals surface area (Å²) in [5.74, 6) is 1.45. The first kappa shape index (κ1) is 19.4. The average Bonchev–Trinajstić information content (AvgIpc) is 3.06. The molecule has 4 nitrogen and oxygen atoms in total. The number of anilines is 3. The molecule has 150 valence electrons. The van der Waals surface area contributed by atoms with Gasteiger partial charge in [0.25, 0.3) is 0 Å². The Bertz CT molecular complexity index is 1040. The Labute approximate surface area is 171 Å². The molecule has 3 aromatic rings. The van der Waals surface area contributed by atoms with E-state index < -0.39 is 0 Å². The van der Waals surface area contributed by atoms with Crippen molar-refractivity contribution in [3.63, 3.8) is 0 Å². The number of aromatic nitrogens is 2. The molecule has 0 unspecified atom stereocenters. The van der Waals surface area contributed by atoms with Crippen LogP contribution in [0.5, 0.6) is 0 Å². The topological polar surface area (TPSA) is 41.1 Å². The molecule has 0 aliphatic carbocycles. The molecule has 0 radical (unpaired) electrons. The van der Waals surface area contributed by atoms with E-state index in [1.54, 1.807) is 12.1 Å². The van der Waals surface area contributed by atoms with Crippen LogP contribution in [-0.4, -0.2) is 23.1 Å². The quantitative estimate of drug-likeness (QED) is 0.650. The smallest absolute Gasteiger partial charge is 0.229 e. The molecule has 1 aromatic heterocycles. The largest absolute Gasteiger partial charge is 0.356 e. The maximum Gasteiger partial charge on any atom is 0.229 e. The lowest BCUT2D eigenvalue weighted by molar-refractivity contribution is 0.625. The van der Waals surface area contributed by atoms with Crippen LogP contribution in [0.4, 0.5) is 21.8 Å². The highest BCUT2D eigenvalue weighted by Gasteiger charge is 2.24. The van der Waals surface area contributed by atoms with E-state index >= 15 is 0 Å². The van der Waals surface area contributed by atoms with E-state index in [2.05, 4.69) is 50.0 Å². The molecule has 4 rings (SSSR count). The molecule has 0 spiro atoms. The van der Waals surface area contributed by atoms with E-state index in [1.807, 2.05) is 6.07 Å². The van der Waals surface area contributed by atoms with E-state index in [0.29, 0.717) is 5.95 Å². The molecule has 0 saturated heterocycles. The van der Waals surface area contributed by atoms with Crippen molar-refractivity contribution >= 4 is 17.5 Å². The number of halogens is 1. The van der Waals surface area contributed by atoms with Gasteiger partial charge in [-0.05, 0) is 69.4 Å². The zero-order chi connectivity index (χ0) is 20.5. The van der Waals surface area contributed by atoms with Gasteiger partial charge >= 0.3 is 0 Å². The van der Waals surface area contributed by atoms with Gasteiger partial charge in [-0.2, -0.15) is 4.98 Å². The molecule has 0 fully saturated rings. The standard InChI is InChI=1S/C24H27FN4/c1-15-12-16(2)22(17(3)13-15)27-24-26-18(4)21-9-11-29(23(21)28-24)10-8-19-6-5-7-20(25)14-19/h5-7,12-14H,8-11H2,1-4H3,(H,26,27,28). The third-order valence-corrected chi connectivity index (χ3v) is 5.60. The monoisotopic (exact) mass is 390 g/mol. The second kappa shape index (κ2) is 7.82. The van der Waals surface area contributed by atoms with Gasteiger partial charge in [0.2, 0.25) is 5.95 Å². The summed E-state index contributed by atoms with van der Waals surface area (Å²) in [4.78, 5) is 11.9. The fraction of sp³-hybridized carbons (Fsp3) is 0.333. The second-order valence-electron chi connectivity index (χ2n) is 7.95. The summed E-state index contributed by atoms with van der Waals surface area (Å²) < 4.78 is 13.5. The highest BCUT2D eigenvalue weighted by Crippen LogP contribution is 2.31. The second-order valence-corrected chi connectivity index (χ2v) is 7.95. The van der Waals surface area contributed by atoms with Crippen molar-refractivity contribution in [2.45, 2.75) is 40.5 Å². The van der Waals surface area contributed by atoms with Crippen molar-refractivity contribution in [1.29, 1.82) is 0 Å². The lowest BCUT2D eigenvalue weighted by Gasteiger charge is -2.20. The third kappa shape index (κ3) is 4.09. The Kier molecular flexibility index (Phi) is 5.22. The van der Waals surface area contributed by atoms with Crippen molar-refractivity contribution < 1.29 is 4.39 Å². The summed E-state index contributed by atoms with van der Waals surface area (Å²) in [6.45, 7) is 10.1. The number of hydrogen-bond donors (Lipinski definition) is 1. The van der Waals surface area contributed by atoms with Crippen LogP contribution in [0.25, 0.3) is 0 Å². The van der Waals surface area contributed by atoms with Gasteiger partial charge in [0, 0.05) is 30.0 Å². The van der Waals surface area contributed by atoms with E-state index in [-0.39, 0.29) is 5.82 Å². The molecule has 0 saturated carbocycles. The van der Waals surface area contributed by atoms with Crippen molar-refractivity contribution in [2.24, 2.45) is 0 Å². The van der Waals surface area contributed by atoms with Gasteiger partial charge in [-0.15, -0.1) is 0 Å². The molecule has 1 aliphatic rings. The van der Waals surface area contributed by atoms with Crippen LogP contribution in [0.2, 0.25) is 0 Å².